The molecule has 18 valence electrons. The first kappa shape index (κ1) is 5.11. The van der Waals surface area contributed by atoms with Gasteiger partial charge in [-0.05, 0) is 0 Å². The second kappa shape index (κ2) is 2.35. The number of hydrogen-bond donors (Lipinski definition) is 1. The van der Waals surface area contributed by atoms with Crippen LogP contribution in [0.15, 0.2) is 0 Å². The molecular weight excluding hydrogens is 83.1 g/mol. The van der Waals surface area contributed by atoms with Crippen LogP contribution in [0, 0.1) is 0 Å². The molecule has 4 heavy (non-hydrogen) atoms. The average molecular weight is 84.1 g/mol. The summed E-state index contributed by atoms with van der Waals surface area (Å²) in [5.74, 6) is 0. The first-order valence-electron chi connectivity index (χ1n) is 0.928. The summed E-state index contributed by atoms with van der Waals surface area (Å²) in [5.41, 5.74) is 0. The van der Waals surface area contributed by atoms with Crippen molar-refractivity contribution in [1.82, 2.24) is 0 Å². The summed E-state index contributed by atoms with van der Waals surface area (Å²) in [6.07, 6.45) is 0. The Morgan fingerprint density at radius 1 is 2.00 bits per heavy atom. The van der Waals surface area contributed by atoms with E-state index in [-0.39, 0.29) is 49.0 Å². The molecule has 0 aliphatic heterocycles. The standard InChI is InChI=1S/CHO2.K/c2-1-3;/h(H,2,3);. The molecule has 0 atom stereocenters. The zero-order valence-electron chi connectivity index (χ0n) is 2.36. The van der Waals surface area contributed by atoms with E-state index in [2.05, 4.69) is 0 Å². The molecule has 0 unspecified atom stereocenters. The van der Waals surface area contributed by atoms with Gasteiger partial charge in [-0.15, -0.1) is 0 Å². The summed E-state index contributed by atoms with van der Waals surface area (Å²) in [5, 5.41) is 7.50. The molecule has 0 amide bonds. The van der Waals surface area contributed by atoms with E-state index in [4.69, 9.17) is 9.90 Å². The van der Waals surface area contributed by atoms with Crippen LogP contribution in [-0.2, 0) is 0 Å². The van der Waals surface area contributed by atoms with Gasteiger partial charge in [0.2, 0.25) is 0 Å². The maximum absolute atomic E-state index is 9.08. The molecule has 0 bridgehead atoms. The van der Waals surface area contributed by atoms with Crippen molar-refractivity contribution in [1.29, 1.82) is 0 Å². The predicted molar refractivity (Wildman–Crippen MR) is 13.8 cm³/mol. The minimum atomic E-state index is -0.646. The third-order valence-electron chi connectivity index (χ3n) is 0. The van der Waals surface area contributed by atoms with E-state index < -0.39 is 0.0639 Å². The molecule has 0 radical (unpaired) electrons. The van der Waals surface area contributed by atoms with Crippen LogP contribution in [0.5, 0.6) is 0 Å². The first-order valence-corrected chi connectivity index (χ1v) is 2.49. The molecule has 0 spiro atoms. The summed E-state index contributed by atoms with van der Waals surface area (Å²) >= 11 is -0.0208. The predicted octanol–water partition coefficient (Wildman–Crippen LogP) is -0.167. The Bertz CT molecular complexity index is 29.0. The van der Waals surface area contributed by atoms with Crippen LogP contribution in [0.4, 0.5) is 4.79 Å². The molecular formula is CHKO2. The van der Waals surface area contributed by atoms with Gasteiger partial charge in [0.05, 0.1) is 0 Å². The van der Waals surface area contributed by atoms with Gasteiger partial charge >= 0.3 is 58.9 Å². The molecule has 0 rings (SSSR count). The quantitative estimate of drug-likeness (QED) is 0.414. The van der Waals surface area contributed by atoms with Crippen molar-refractivity contribution >= 4 is 49.0 Å². The molecule has 0 heterocycles. The van der Waals surface area contributed by atoms with Crippen molar-refractivity contribution in [3.8, 4) is 0 Å². The van der Waals surface area contributed by atoms with Gasteiger partial charge in [0, 0.05) is 0 Å². The van der Waals surface area contributed by atoms with Crippen LogP contribution in [0.25, 0.3) is 0 Å². The maximum atomic E-state index is 9.08. The fraction of sp³-hybridized carbons (Fsp3) is 0. The van der Waals surface area contributed by atoms with E-state index in [9.17, 15) is 0 Å². The Morgan fingerprint density at radius 3 is 2.00 bits per heavy atom. The second-order valence-electron chi connectivity index (χ2n) is 0.519. The van der Waals surface area contributed by atoms with Gasteiger partial charge in [-0.3, -0.25) is 0 Å². The molecule has 0 aliphatic carbocycles. The Hall–Kier alpha value is 1.11. The topological polar surface area (TPSA) is 37.3 Å². The Kier molecular flexibility index (Phi) is 3.00. The van der Waals surface area contributed by atoms with Crippen molar-refractivity contribution in [2.75, 3.05) is 0 Å². The molecule has 0 saturated carbocycles. The monoisotopic (exact) mass is 84.0 g/mol. The number of hydrogen-bond acceptors (Lipinski definition) is 1. The van der Waals surface area contributed by atoms with Gasteiger partial charge in [0.25, 0.3) is 0 Å². The van der Waals surface area contributed by atoms with Crippen LogP contribution in [0.3, 0.4) is 0 Å². The Labute approximate surface area is 57.8 Å². The first-order chi connectivity index (χ1) is 1.73. The van der Waals surface area contributed by atoms with E-state index in [1.807, 2.05) is 0 Å². The molecule has 1 N–H and O–H groups in total. The van der Waals surface area contributed by atoms with Gasteiger partial charge < -0.3 is 0 Å². The van der Waals surface area contributed by atoms with E-state index in [0.29, 0.717) is 0 Å². The SMILES string of the molecule is O=[C](O)[K]. The average Bonchev–Trinajstić information content (AvgIpc) is 0.811. The molecule has 0 aromatic carbocycles. The van der Waals surface area contributed by atoms with E-state index in [1.165, 1.54) is 0 Å². The van der Waals surface area contributed by atoms with Gasteiger partial charge in [-0.1, -0.05) is 0 Å². The van der Waals surface area contributed by atoms with E-state index in [1.54, 1.807) is 0 Å². The van der Waals surface area contributed by atoms with E-state index >= 15 is 0 Å². The molecule has 0 aromatic heterocycles. The van der Waals surface area contributed by atoms with Crippen LogP contribution in [0.1, 0.15) is 0 Å². The summed E-state index contributed by atoms with van der Waals surface area (Å²) in [6.45, 7) is 0. The Morgan fingerprint density at radius 2 is 2.00 bits per heavy atom. The van der Waals surface area contributed by atoms with E-state index in [0.717, 1.165) is 0 Å². The molecule has 0 aromatic rings. The fourth-order valence-corrected chi connectivity index (χ4v) is 0. The molecule has 0 fully saturated rings. The van der Waals surface area contributed by atoms with Crippen molar-refractivity contribution in [3.63, 3.8) is 0 Å². The third-order valence-corrected chi connectivity index (χ3v) is 0. The van der Waals surface area contributed by atoms with Crippen molar-refractivity contribution < 1.29 is 9.90 Å². The molecule has 2 nitrogen and oxygen atoms in total. The van der Waals surface area contributed by atoms with Crippen LogP contribution in [-0.4, -0.2) is 54.1 Å². The van der Waals surface area contributed by atoms with Crippen molar-refractivity contribution in [3.05, 3.63) is 0 Å². The Balaban J connectivity index is 2.80. The van der Waals surface area contributed by atoms with Crippen LogP contribution < -0.4 is 0 Å². The summed E-state index contributed by atoms with van der Waals surface area (Å²) in [4.78, 5) is 9.08. The molecule has 0 aliphatic rings. The fourth-order valence-electron chi connectivity index (χ4n) is 0. The zero-order chi connectivity index (χ0) is 3.58. The van der Waals surface area contributed by atoms with Gasteiger partial charge in [-0.25, -0.2) is 0 Å². The normalized spacial score (nSPS) is 6.50. The molecule has 0 saturated heterocycles. The number of rotatable bonds is 0. The van der Waals surface area contributed by atoms with Crippen molar-refractivity contribution in [2.45, 2.75) is 0 Å². The van der Waals surface area contributed by atoms with Crippen LogP contribution >= 0.6 is 0 Å². The van der Waals surface area contributed by atoms with Gasteiger partial charge in [0.1, 0.15) is 0 Å². The molecule has 3 heteroatoms. The summed E-state index contributed by atoms with van der Waals surface area (Å²) in [6, 6.07) is 0. The van der Waals surface area contributed by atoms with Crippen LogP contribution in [0.2, 0.25) is 0 Å². The second-order valence-corrected chi connectivity index (χ2v) is 1.85. The van der Waals surface area contributed by atoms with Gasteiger partial charge in [0.15, 0.2) is 0 Å². The summed E-state index contributed by atoms with van der Waals surface area (Å²) < 4.78 is -0.646. The van der Waals surface area contributed by atoms with Gasteiger partial charge in [-0.2, -0.15) is 0 Å². The minimum absolute atomic E-state index is 0.0208. The third kappa shape index (κ3) is 11.3. The zero-order valence-corrected chi connectivity index (χ0v) is 5.48. The number of carboxylic acid groups (broad SMARTS) is 1. The van der Waals surface area contributed by atoms with Crippen molar-refractivity contribution in [2.24, 2.45) is 0 Å². The summed E-state index contributed by atoms with van der Waals surface area (Å²) in [7, 11) is 0. The number of carbonyl (C=O) groups is 1.